The summed E-state index contributed by atoms with van der Waals surface area (Å²) in [6.07, 6.45) is 0.821. The Morgan fingerprint density at radius 3 is 2.81 bits per heavy atom. The van der Waals surface area contributed by atoms with Crippen molar-refractivity contribution in [3.63, 3.8) is 0 Å². The monoisotopic (exact) mass is 530 g/mol. The molecule has 12 heteroatoms. The van der Waals surface area contributed by atoms with Crippen molar-refractivity contribution >= 4 is 28.7 Å². The van der Waals surface area contributed by atoms with Gasteiger partial charge in [0.1, 0.15) is 18.0 Å². The number of rotatable bonds is 11. The van der Waals surface area contributed by atoms with Gasteiger partial charge in [-0.25, -0.2) is 14.6 Å². The molecule has 1 saturated carbocycles. The van der Waals surface area contributed by atoms with Crippen LogP contribution in [0.15, 0.2) is 29.4 Å². The minimum Gasteiger partial charge on any atom is -0.496 e. The van der Waals surface area contributed by atoms with E-state index in [-0.39, 0.29) is 37.6 Å². The van der Waals surface area contributed by atoms with Crippen LogP contribution in [0.3, 0.4) is 0 Å². The van der Waals surface area contributed by atoms with E-state index >= 15 is 0 Å². The van der Waals surface area contributed by atoms with Gasteiger partial charge in [-0.2, -0.15) is 0 Å². The van der Waals surface area contributed by atoms with E-state index in [0.29, 0.717) is 35.1 Å². The number of ether oxygens (including phenoxy) is 4. The van der Waals surface area contributed by atoms with Crippen molar-refractivity contribution in [1.82, 2.24) is 25.0 Å². The van der Waals surface area contributed by atoms with E-state index in [4.69, 9.17) is 28.9 Å². The average molecular weight is 531 g/mol. The van der Waals surface area contributed by atoms with Crippen LogP contribution in [0.2, 0.25) is 0 Å². The summed E-state index contributed by atoms with van der Waals surface area (Å²) in [5.41, 5.74) is 2.23. The number of hydrogen-bond acceptors (Lipinski definition) is 11. The average Bonchev–Trinajstić information content (AvgIpc) is 3.55. The third kappa shape index (κ3) is 5.39. The molecule has 1 aromatic carbocycles. The van der Waals surface area contributed by atoms with Crippen molar-refractivity contribution in [3.05, 3.63) is 29.8 Å². The number of aromatic nitrogens is 5. The smallest absolute Gasteiger partial charge is 0.191 e. The molecule has 2 fully saturated rings. The second-order valence-corrected chi connectivity index (χ2v) is 10.6. The van der Waals surface area contributed by atoms with Crippen LogP contribution < -0.4 is 10.1 Å². The highest BCUT2D eigenvalue weighted by Crippen LogP contribution is 2.45. The molecule has 37 heavy (non-hydrogen) atoms. The largest absolute Gasteiger partial charge is 0.496 e. The second kappa shape index (κ2) is 11.1. The zero-order valence-electron chi connectivity index (χ0n) is 21.6. The maximum absolute atomic E-state index is 9.30. The van der Waals surface area contributed by atoms with Crippen LogP contribution in [0, 0.1) is 0 Å². The zero-order chi connectivity index (χ0) is 26.0. The highest BCUT2D eigenvalue weighted by molar-refractivity contribution is 7.99. The number of hydrogen-bond donors (Lipinski definition) is 2. The number of para-hydroxylation sites is 1. The lowest BCUT2D eigenvalue weighted by Crippen LogP contribution is -2.31. The lowest BCUT2D eigenvalue weighted by Gasteiger charge is -2.23. The van der Waals surface area contributed by atoms with Crippen LogP contribution in [-0.2, 0) is 20.8 Å². The molecule has 0 amide bonds. The fourth-order valence-electron chi connectivity index (χ4n) is 4.96. The second-order valence-electron chi connectivity index (χ2n) is 9.58. The molecule has 0 bridgehead atoms. The Bertz CT molecular complexity index is 1220. The third-order valence-corrected chi connectivity index (χ3v) is 7.55. The van der Waals surface area contributed by atoms with Gasteiger partial charge in [0.2, 0.25) is 0 Å². The number of benzene rings is 1. The van der Waals surface area contributed by atoms with Gasteiger partial charge in [-0.05, 0) is 26.3 Å². The summed E-state index contributed by atoms with van der Waals surface area (Å²) >= 11 is 1.60. The molecule has 0 spiro atoms. The van der Waals surface area contributed by atoms with Gasteiger partial charge in [0.15, 0.2) is 27.9 Å². The van der Waals surface area contributed by atoms with Crippen molar-refractivity contribution in [2.75, 3.05) is 31.4 Å². The van der Waals surface area contributed by atoms with Crippen LogP contribution in [0.25, 0.3) is 11.2 Å². The summed E-state index contributed by atoms with van der Waals surface area (Å²) in [5.74, 6) is 1.57. The molecule has 3 heterocycles. The quantitative estimate of drug-likeness (QED) is 0.280. The molecule has 0 radical (unpaired) electrons. The molecule has 1 aliphatic heterocycles. The fraction of sp³-hybridized carbons (Fsp3) is 0.600. The van der Waals surface area contributed by atoms with Gasteiger partial charge in [-0.1, -0.05) is 42.1 Å². The van der Waals surface area contributed by atoms with Crippen LogP contribution in [0.1, 0.15) is 45.2 Å². The van der Waals surface area contributed by atoms with E-state index in [1.165, 1.54) is 0 Å². The number of anilines is 1. The summed E-state index contributed by atoms with van der Waals surface area (Å²) in [5, 5.41) is 22.4. The van der Waals surface area contributed by atoms with Crippen molar-refractivity contribution in [2.24, 2.45) is 0 Å². The van der Waals surface area contributed by atoms with Crippen molar-refractivity contribution in [1.29, 1.82) is 0 Å². The van der Waals surface area contributed by atoms with Crippen LogP contribution >= 0.6 is 11.8 Å². The molecule has 5 rings (SSSR count). The number of methoxy groups -OCH3 is 1. The number of fused-ring (bicyclic) bond motifs is 2. The predicted molar refractivity (Wildman–Crippen MR) is 139 cm³/mol. The third-order valence-electron chi connectivity index (χ3n) is 6.50. The highest BCUT2D eigenvalue weighted by atomic mass is 32.2. The van der Waals surface area contributed by atoms with Gasteiger partial charge in [0, 0.05) is 24.3 Å². The minimum absolute atomic E-state index is 0.0540. The van der Waals surface area contributed by atoms with Gasteiger partial charge < -0.3 is 29.4 Å². The number of nitrogens with one attached hydrogen (secondary N) is 1. The number of thioether (sulfide) groups is 1. The van der Waals surface area contributed by atoms with Crippen LogP contribution in [0.5, 0.6) is 5.75 Å². The standard InChI is InChI=1S/C25H34N6O5S/c1-5-12-37-24-27-22(26-14-15-8-6-7-9-17(15)33-4)19-23(28-24)31(30-29-19)16-13-18(34-11-10-32)21-20(16)35-25(2,3)36-21/h6-9,16,18,20-21,32H,5,10-14H2,1-4H3,(H,26,27,28)/t16-,18-,20?,21?/m1/s1. The molecule has 1 aliphatic carbocycles. The molecule has 3 aromatic rings. The van der Waals surface area contributed by atoms with E-state index in [1.54, 1.807) is 18.9 Å². The first-order valence-corrected chi connectivity index (χ1v) is 13.6. The maximum atomic E-state index is 9.30. The Morgan fingerprint density at radius 1 is 1.22 bits per heavy atom. The van der Waals surface area contributed by atoms with Gasteiger partial charge in [0.25, 0.3) is 0 Å². The molecular weight excluding hydrogens is 496 g/mol. The molecule has 1 saturated heterocycles. The van der Waals surface area contributed by atoms with Gasteiger partial charge >= 0.3 is 0 Å². The van der Waals surface area contributed by atoms with Crippen molar-refractivity contribution in [2.45, 2.75) is 75.5 Å². The number of aliphatic hydroxyl groups excluding tert-OH is 1. The Labute approximate surface area is 220 Å². The van der Waals surface area contributed by atoms with Crippen molar-refractivity contribution in [3.8, 4) is 5.75 Å². The predicted octanol–water partition coefficient (Wildman–Crippen LogP) is 3.19. The molecule has 11 nitrogen and oxygen atoms in total. The van der Waals surface area contributed by atoms with E-state index in [9.17, 15) is 5.11 Å². The van der Waals surface area contributed by atoms with E-state index in [0.717, 1.165) is 23.5 Å². The summed E-state index contributed by atoms with van der Waals surface area (Å²) in [4.78, 5) is 9.62. The summed E-state index contributed by atoms with van der Waals surface area (Å²) in [6.45, 7) is 6.61. The first-order valence-electron chi connectivity index (χ1n) is 12.6. The molecule has 2 N–H and O–H groups in total. The van der Waals surface area contributed by atoms with Gasteiger partial charge in [-0.3, -0.25) is 0 Å². The topological polar surface area (TPSA) is 126 Å². The molecular formula is C25H34N6O5S. The van der Waals surface area contributed by atoms with E-state index in [1.807, 2.05) is 42.8 Å². The van der Waals surface area contributed by atoms with Crippen molar-refractivity contribution < 1.29 is 24.1 Å². The van der Waals surface area contributed by atoms with Gasteiger partial charge in [0.05, 0.1) is 32.5 Å². The Kier molecular flexibility index (Phi) is 7.82. The zero-order valence-corrected chi connectivity index (χ0v) is 22.4. The lowest BCUT2D eigenvalue weighted by molar-refractivity contribution is -0.171. The molecule has 2 unspecified atom stereocenters. The maximum Gasteiger partial charge on any atom is 0.191 e. The normalized spacial score (nSPS) is 24.5. The first-order chi connectivity index (χ1) is 17.9. The Balaban J connectivity index is 1.49. The minimum atomic E-state index is -0.746. The number of aliphatic hydroxyl groups is 1. The number of nitrogens with zero attached hydrogens (tertiary/aromatic N) is 5. The lowest BCUT2D eigenvalue weighted by atomic mass is 10.2. The Hall–Kier alpha value is -2.51. The fourth-order valence-corrected chi connectivity index (χ4v) is 5.65. The Morgan fingerprint density at radius 2 is 2.03 bits per heavy atom. The molecule has 4 atom stereocenters. The highest BCUT2D eigenvalue weighted by Gasteiger charge is 2.56. The molecule has 2 aliphatic rings. The summed E-state index contributed by atoms with van der Waals surface area (Å²) in [6, 6.07) is 7.67. The van der Waals surface area contributed by atoms with Crippen LogP contribution in [-0.4, -0.2) is 80.2 Å². The van der Waals surface area contributed by atoms with E-state index < -0.39 is 5.79 Å². The first kappa shape index (κ1) is 26.1. The summed E-state index contributed by atoms with van der Waals surface area (Å²) in [7, 11) is 1.66. The summed E-state index contributed by atoms with van der Waals surface area (Å²) < 4.78 is 25.7. The molecule has 2 aromatic heterocycles. The molecule has 200 valence electrons. The van der Waals surface area contributed by atoms with E-state index in [2.05, 4.69) is 22.6 Å². The SMILES string of the molecule is CCCSc1nc(NCc2ccccc2OC)c2nnn([C@@H]3C[C@@H](OCCO)C4OC(C)(C)OC43)c2n1. The van der Waals surface area contributed by atoms with Gasteiger partial charge in [-0.15, -0.1) is 5.10 Å². The van der Waals surface area contributed by atoms with Crippen LogP contribution in [0.4, 0.5) is 5.82 Å².